The highest BCUT2D eigenvalue weighted by Gasteiger charge is 1.83. The van der Waals surface area contributed by atoms with Gasteiger partial charge in [-0.25, -0.2) is 0 Å². The van der Waals surface area contributed by atoms with Crippen molar-refractivity contribution in [3.63, 3.8) is 0 Å². The first kappa shape index (κ1) is 7.85. The van der Waals surface area contributed by atoms with Gasteiger partial charge in [0.05, 0.1) is 0 Å². The van der Waals surface area contributed by atoms with Gasteiger partial charge in [0.25, 0.3) is 0 Å². The molecule has 0 aromatic heterocycles. The number of hydrogen-bond donors (Lipinski definition) is 0. The summed E-state index contributed by atoms with van der Waals surface area (Å²) < 4.78 is 4.91. The lowest BCUT2D eigenvalue weighted by molar-refractivity contribution is -0.107. The maximum atomic E-state index is 9.74. The predicted molar refractivity (Wildman–Crippen MR) is 35.8 cm³/mol. The van der Waals surface area contributed by atoms with Crippen LogP contribution in [0, 0.1) is 0 Å². The molecular weight excluding hydrogens is 120 g/mol. The number of rotatable bonds is 5. The van der Waals surface area contributed by atoms with Crippen molar-refractivity contribution in [1.82, 2.24) is 0 Å². The highest BCUT2D eigenvalue weighted by atomic mass is 28.2. The Morgan fingerprint density at radius 3 is 2.75 bits per heavy atom. The predicted octanol–water partition coefficient (Wildman–Crippen LogP) is -0.347. The average molecular weight is 132 g/mol. The molecule has 0 radical (unpaired) electrons. The maximum Gasteiger partial charge on any atom is 0.145 e. The molecule has 8 heavy (non-hydrogen) atoms. The van der Waals surface area contributed by atoms with E-state index in [1.165, 1.54) is 0 Å². The van der Waals surface area contributed by atoms with Gasteiger partial charge in [0.1, 0.15) is 16.8 Å². The van der Waals surface area contributed by atoms with Crippen LogP contribution in [0.2, 0.25) is 0 Å². The summed E-state index contributed by atoms with van der Waals surface area (Å²) in [5, 5.41) is 0. The lowest BCUT2D eigenvalue weighted by Crippen LogP contribution is -1.89. The van der Waals surface area contributed by atoms with E-state index in [2.05, 4.69) is 0 Å². The van der Waals surface area contributed by atoms with E-state index in [9.17, 15) is 4.79 Å². The Morgan fingerprint density at radius 1 is 1.50 bits per heavy atom. The van der Waals surface area contributed by atoms with Crippen molar-refractivity contribution in [3.8, 4) is 0 Å². The van der Waals surface area contributed by atoms with Gasteiger partial charge in [-0.2, -0.15) is 0 Å². The average Bonchev–Trinajstić information content (AvgIpc) is 1.81. The molecule has 0 aromatic carbocycles. The lowest BCUT2D eigenvalue weighted by Gasteiger charge is -1.93. The number of hydrogen-bond acceptors (Lipinski definition) is 2. The molecule has 0 heterocycles. The number of unbranched alkanes of at least 4 members (excludes halogenated alkanes) is 2. The van der Waals surface area contributed by atoms with Crippen molar-refractivity contribution in [2.45, 2.75) is 19.3 Å². The fourth-order valence-electron chi connectivity index (χ4n) is 0.474. The third-order valence-corrected chi connectivity index (χ3v) is 1.33. The van der Waals surface area contributed by atoms with Gasteiger partial charge in [-0.1, -0.05) is 0 Å². The highest BCUT2D eigenvalue weighted by molar-refractivity contribution is 5.97. The first-order valence-corrected chi connectivity index (χ1v) is 3.66. The largest absolute Gasteiger partial charge is 0.428 e. The third-order valence-electron chi connectivity index (χ3n) is 0.920. The van der Waals surface area contributed by atoms with Crippen LogP contribution in [0.3, 0.4) is 0 Å². The van der Waals surface area contributed by atoms with E-state index in [0.29, 0.717) is 6.42 Å². The molecule has 0 saturated carbocycles. The van der Waals surface area contributed by atoms with E-state index in [4.69, 9.17) is 4.43 Å². The molecule has 0 saturated heterocycles. The van der Waals surface area contributed by atoms with Crippen LogP contribution in [-0.2, 0) is 9.22 Å². The Kier molecular flexibility index (Phi) is 6.72. The summed E-state index contributed by atoms with van der Waals surface area (Å²) in [4.78, 5) is 9.74. The van der Waals surface area contributed by atoms with Gasteiger partial charge in [-0.15, -0.1) is 0 Å². The molecule has 0 aromatic rings. The Bertz CT molecular complexity index is 56.4. The Morgan fingerprint density at radius 2 is 2.25 bits per heavy atom. The van der Waals surface area contributed by atoms with Gasteiger partial charge in [0.15, 0.2) is 0 Å². The number of carbonyl (C=O) groups is 1. The summed E-state index contributed by atoms with van der Waals surface area (Å²) in [5.74, 6) is 0. The van der Waals surface area contributed by atoms with Crippen LogP contribution < -0.4 is 0 Å². The third kappa shape index (κ3) is 5.85. The van der Waals surface area contributed by atoms with Crippen molar-refractivity contribution in [3.05, 3.63) is 0 Å². The van der Waals surface area contributed by atoms with Crippen LogP contribution >= 0.6 is 0 Å². The molecule has 0 aliphatic carbocycles. The zero-order chi connectivity index (χ0) is 6.24. The molecule has 0 aliphatic heterocycles. The molecular formula is C5H12O2Si. The van der Waals surface area contributed by atoms with Crippen molar-refractivity contribution in [2.24, 2.45) is 0 Å². The highest BCUT2D eigenvalue weighted by Crippen LogP contribution is 1.90. The van der Waals surface area contributed by atoms with E-state index in [1.54, 1.807) is 0 Å². The minimum atomic E-state index is 0.685. The molecule has 0 N–H and O–H groups in total. The minimum absolute atomic E-state index is 0.685. The smallest absolute Gasteiger partial charge is 0.145 e. The second kappa shape index (κ2) is 6.85. The Labute approximate surface area is 52.8 Å². The molecule has 0 spiro atoms. The first-order valence-electron chi connectivity index (χ1n) is 2.84. The zero-order valence-electron chi connectivity index (χ0n) is 5.22. The van der Waals surface area contributed by atoms with Crippen LogP contribution in [0.5, 0.6) is 0 Å². The van der Waals surface area contributed by atoms with Gasteiger partial charge >= 0.3 is 0 Å². The second-order valence-electron chi connectivity index (χ2n) is 1.66. The lowest BCUT2D eigenvalue weighted by atomic mass is 10.3. The van der Waals surface area contributed by atoms with Crippen molar-refractivity contribution in [2.75, 3.05) is 6.61 Å². The van der Waals surface area contributed by atoms with Crippen LogP contribution in [0.25, 0.3) is 0 Å². The molecule has 48 valence electrons. The first-order chi connectivity index (χ1) is 3.91. The van der Waals surface area contributed by atoms with Gasteiger partial charge < -0.3 is 9.22 Å². The number of aldehydes is 1. The second-order valence-corrected chi connectivity index (χ2v) is 2.23. The molecule has 0 atom stereocenters. The maximum absolute atomic E-state index is 9.74. The van der Waals surface area contributed by atoms with E-state index in [0.717, 1.165) is 36.2 Å². The molecule has 0 bridgehead atoms. The standard InChI is InChI=1S/C5H12O2Si/c6-4-2-1-3-5-7-8/h4H,1-3,5H2,8H3. The van der Waals surface area contributed by atoms with E-state index >= 15 is 0 Å². The fourth-order valence-corrected chi connectivity index (χ4v) is 0.763. The Hall–Kier alpha value is -0.153. The quantitative estimate of drug-likeness (QED) is 0.290. The van der Waals surface area contributed by atoms with E-state index in [1.807, 2.05) is 0 Å². The van der Waals surface area contributed by atoms with Crippen molar-refractivity contribution >= 4 is 16.8 Å². The van der Waals surface area contributed by atoms with Crippen LogP contribution in [-0.4, -0.2) is 23.4 Å². The zero-order valence-corrected chi connectivity index (χ0v) is 7.22. The summed E-state index contributed by atoms with van der Waals surface area (Å²) in [6, 6.07) is 0. The van der Waals surface area contributed by atoms with Crippen LogP contribution in [0.4, 0.5) is 0 Å². The normalized spacial score (nSPS) is 9.50. The van der Waals surface area contributed by atoms with Gasteiger partial charge in [0.2, 0.25) is 0 Å². The minimum Gasteiger partial charge on any atom is -0.428 e. The van der Waals surface area contributed by atoms with E-state index in [-0.39, 0.29) is 0 Å². The monoisotopic (exact) mass is 132 g/mol. The van der Waals surface area contributed by atoms with E-state index < -0.39 is 0 Å². The Balaban J connectivity index is 2.62. The summed E-state index contributed by atoms with van der Waals surface area (Å²) in [5.41, 5.74) is 0. The van der Waals surface area contributed by atoms with Crippen LogP contribution in [0.15, 0.2) is 0 Å². The molecule has 0 amide bonds. The molecule has 0 aliphatic rings. The molecule has 0 rings (SSSR count). The summed E-state index contributed by atoms with van der Waals surface area (Å²) in [7, 11) is 0.819. The van der Waals surface area contributed by atoms with Crippen LogP contribution in [0.1, 0.15) is 19.3 Å². The van der Waals surface area contributed by atoms with Gasteiger partial charge in [-0.3, -0.25) is 0 Å². The number of carbonyl (C=O) groups excluding carboxylic acids is 1. The topological polar surface area (TPSA) is 26.3 Å². The van der Waals surface area contributed by atoms with Crippen molar-refractivity contribution in [1.29, 1.82) is 0 Å². The van der Waals surface area contributed by atoms with Gasteiger partial charge in [-0.05, 0) is 12.8 Å². The summed E-state index contributed by atoms with van der Waals surface area (Å²) in [6.45, 7) is 0.833. The van der Waals surface area contributed by atoms with Gasteiger partial charge in [0, 0.05) is 13.0 Å². The SMILES string of the molecule is O=CCCCCO[SiH3]. The fraction of sp³-hybridized carbons (Fsp3) is 0.800. The molecule has 3 heteroatoms. The molecule has 2 nitrogen and oxygen atoms in total. The molecule has 0 unspecified atom stereocenters. The van der Waals surface area contributed by atoms with Crippen molar-refractivity contribution < 1.29 is 9.22 Å². The summed E-state index contributed by atoms with van der Waals surface area (Å²) in [6.07, 6.45) is 3.64. The summed E-state index contributed by atoms with van der Waals surface area (Å²) >= 11 is 0. The molecule has 0 fully saturated rings.